The quantitative estimate of drug-likeness (QED) is 0.204. The molecule has 2 saturated heterocycles. The molecule has 14 heteroatoms. The second-order valence-electron chi connectivity index (χ2n) is 17.2. The third-order valence-corrected chi connectivity index (χ3v) is 12.6. The van der Waals surface area contributed by atoms with Crippen LogP contribution < -0.4 is 18.9 Å². The van der Waals surface area contributed by atoms with Crippen molar-refractivity contribution >= 4 is 10.1 Å². The first-order valence-electron chi connectivity index (χ1n) is 21.0. The number of hydrogen-bond donors (Lipinski definition) is 2. The highest BCUT2D eigenvalue weighted by Gasteiger charge is 2.48. The zero-order chi connectivity index (χ0) is 45.1. The van der Waals surface area contributed by atoms with Crippen molar-refractivity contribution in [1.82, 2.24) is 9.80 Å². The van der Waals surface area contributed by atoms with E-state index in [0.29, 0.717) is 41.9 Å². The van der Waals surface area contributed by atoms with Gasteiger partial charge < -0.3 is 29.2 Å². The van der Waals surface area contributed by atoms with Crippen molar-refractivity contribution in [3.8, 4) is 52.7 Å². The number of halogens is 1. The Bertz CT molecular complexity index is 2090. The average molecular weight is 867 g/mol. The van der Waals surface area contributed by atoms with Crippen molar-refractivity contribution in [2.24, 2.45) is 23.7 Å². The largest absolute Gasteiger partial charge is 0.493 e. The summed E-state index contributed by atoms with van der Waals surface area (Å²) in [5, 5.41) is 30.3. The lowest BCUT2D eigenvalue weighted by molar-refractivity contribution is -0.0650. The van der Waals surface area contributed by atoms with E-state index in [1.54, 1.807) is 34.5 Å². The fourth-order valence-corrected chi connectivity index (χ4v) is 9.63. The van der Waals surface area contributed by atoms with E-state index >= 15 is 0 Å². The Morgan fingerprint density at radius 2 is 1.13 bits per heavy atom. The van der Waals surface area contributed by atoms with Gasteiger partial charge in [-0.05, 0) is 84.0 Å². The molecule has 0 spiro atoms. The van der Waals surface area contributed by atoms with E-state index in [0.717, 1.165) is 75.0 Å². The van der Waals surface area contributed by atoms with E-state index < -0.39 is 28.0 Å². The smallest absolute Gasteiger partial charge is 0.265 e. The average Bonchev–Trinajstić information content (AvgIpc) is 3.21. The fraction of sp³-hybridized carbons (Fsp3) is 0.638. The Morgan fingerprint density at radius 1 is 0.754 bits per heavy atom. The summed E-state index contributed by atoms with van der Waals surface area (Å²) < 4.78 is 61.8. The number of nitriles is 1. The number of nitrogens with zero attached hydrogens (tertiary/aromatic N) is 3. The van der Waals surface area contributed by atoms with E-state index in [-0.39, 0.29) is 30.5 Å². The maximum absolute atomic E-state index is 12.7. The highest BCUT2D eigenvalue weighted by molar-refractivity contribution is 7.86. The van der Waals surface area contributed by atoms with E-state index in [2.05, 4.69) is 61.2 Å². The van der Waals surface area contributed by atoms with E-state index in [1.807, 2.05) is 24.3 Å². The Kier molecular flexibility index (Phi) is 17.7. The maximum Gasteiger partial charge on any atom is 0.265 e. The van der Waals surface area contributed by atoms with Gasteiger partial charge in [-0.3, -0.25) is 14.0 Å². The van der Waals surface area contributed by atoms with Crippen LogP contribution in [0.15, 0.2) is 24.3 Å². The Morgan fingerprint density at radius 3 is 1.48 bits per heavy atom. The number of benzene rings is 2. The van der Waals surface area contributed by atoms with Gasteiger partial charge in [-0.25, -0.2) is 4.39 Å². The molecule has 336 valence electrons. The molecule has 12 nitrogen and oxygen atoms in total. The predicted molar refractivity (Wildman–Crippen MR) is 234 cm³/mol. The molecule has 4 aliphatic rings. The van der Waals surface area contributed by atoms with Gasteiger partial charge in [0.05, 0.1) is 40.8 Å². The van der Waals surface area contributed by atoms with Gasteiger partial charge >= 0.3 is 0 Å². The van der Waals surface area contributed by atoms with Crippen LogP contribution >= 0.6 is 0 Å². The number of fused-ring (bicyclic) bond motifs is 6. The second kappa shape index (κ2) is 21.8. The van der Waals surface area contributed by atoms with Crippen molar-refractivity contribution in [2.75, 3.05) is 74.2 Å². The van der Waals surface area contributed by atoms with Crippen LogP contribution in [0.5, 0.6) is 23.0 Å². The van der Waals surface area contributed by atoms with Crippen molar-refractivity contribution in [2.45, 2.75) is 96.4 Å². The van der Waals surface area contributed by atoms with Gasteiger partial charge in [0.25, 0.3) is 10.1 Å². The number of hydrogen-bond acceptors (Lipinski definition) is 12. The van der Waals surface area contributed by atoms with Crippen molar-refractivity contribution < 1.29 is 46.2 Å². The number of alkyl halides is 1. The monoisotopic (exact) mass is 866 g/mol. The van der Waals surface area contributed by atoms with Crippen LogP contribution in [0.2, 0.25) is 0 Å². The van der Waals surface area contributed by atoms with Crippen LogP contribution in [0.3, 0.4) is 0 Å². The van der Waals surface area contributed by atoms with Crippen LogP contribution in [0.4, 0.5) is 4.39 Å². The number of methoxy groups -OCH3 is 4. The lowest BCUT2D eigenvalue weighted by atomic mass is 9.71. The molecular formula is C47H66FN3O9S. The minimum absolute atomic E-state index is 0.00194. The molecule has 6 rings (SSSR count). The molecule has 0 aromatic heterocycles. The summed E-state index contributed by atoms with van der Waals surface area (Å²) in [6.07, 6.45) is 5.48. The van der Waals surface area contributed by atoms with E-state index in [9.17, 15) is 23.0 Å². The van der Waals surface area contributed by atoms with Gasteiger partial charge in [0.2, 0.25) is 0 Å². The minimum atomic E-state index is -3.57. The number of aliphatic hydroxyl groups is 2. The summed E-state index contributed by atoms with van der Waals surface area (Å²) in [6.45, 7) is 12.4. The Hall–Kier alpha value is -4.07. The first kappa shape index (κ1) is 49.6. The molecule has 61 heavy (non-hydrogen) atoms. The van der Waals surface area contributed by atoms with Gasteiger partial charge in [-0.1, -0.05) is 51.4 Å². The number of rotatable bonds is 10. The highest BCUT2D eigenvalue weighted by Crippen LogP contribution is 2.48. The SMILES string of the molecule is CC#N.COc1cc2c(cc1OC)[C@H]1C[C@](O)(C#CCOS(C)(=O)=O)[C@H](CC(C)C)CN1CC2.COc1cc2c(cc1OC)[C@H]1C[C@](O)(C#CC[18F])[C@H](CC(C)C)CN1CC2. The molecule has 4 aliphatic heterocycles. The first-order valence-corrected chi connectivity index (χ1v) is 22.8. The molecule has 2 aromatic rings. The highest BCUT2D eigenvalue weighted by atomic mass is 32.2. The summed E-state index contributed by atoms with van der Waals surface area (Å²) in [4.78, 5) is 4.86. The van der Waals surface area contributed by atoms with Crippen LogP contribution in [0.25, 0.3) is 0 Å². The zero-order valence-corrected chi connectivity index (χ0v) is 38.5. The number of ether oxygens (including phenoxy) is 4. The Balaban J connectivity index is 0.000000254. The zero-order valence-electron chi connectivity index (χ0n) is 37.6. The third-order valence-electron chi connectivity index (χ3n) is 12.0. The van der Waals surface area contributed by atoms with E-state index in [4.69, 9.17) is 28.4 Å². The molecule has 0 radical (unpaired) electrons. The van der Waals surface area contributed by atoms with Gasteiger partial charge in [0, 0.05) is 69.9 Å². The van der Waals surface area contributed by atoms with Gasteiger partial charge in [-0.2, -0.15) is 13.7 Å². The van der Waals surface area contributed by atoms with Gasteiger partial charge in [0.15, 0.2) is 23.0 Å². The van der Waals surface area contributed by atoms with Crippen LogP contribution in [-0.4, -0.2) is 114 Å². The van der Waals surface area contributed by atoms with E-state index in [1.165, 1.54) is 18.1 Å². The van der Waals surface area contributed by atoms with Crippen molar-refractivity contribution in [3.63, 3.8) is 0 Å². The maximum atomic E-state index is 12.7. The molecule has 2 aromatic carbocycles. The van der Waals surface area contributed by atoms with Crippen LogP contribution in [0, 0.1) is 58.7 Å². The molecule has 2 N–H and O–H groups in total. The van der Waals surface area contributed by atoms with Crippen LogP contribution in [0.1, 0.15) is 94.6 Å². The summed E-state index contributed by atoms with van der Waals surface area (Å²) in [5.74, 6) is 14.7. The molecule has 0 bridgehead atoms. The molecule has 0 aliphatic carbocycles. The lowest BCUT2D eigenvalue weighted by Gasteiger charge is -2.50. The van der Waals surface area contributed by atoms with Crippen molar-refractivity contribution in [1.29, 1.82) is 5.26 Å². The molecule has 4 heterocycles. The minimum Gasteiger partial charge on any atom is -0.493 e. The predicted octanol–water partition coefficient (Wildman–Crippen LogP) is 6.28. The lowest BCUT2D eigenvalue weighted by Crippen LogP contribution is -2.54. The molecule has 0 amide bonds. The normalized spacial score (nSPS) is 25.4. The standard InChI is InChI=1S/C23H33NO6S.C22H30FNO3.C2H3N/c1-16(2)11-18-15-24-9-7-17-12-21(28-3)22(29-4)13-19(17)20(24)14-23(18,25)8-6-10-30-31(5,26)27;1-15(2)10-17-14-24-9-6-16-11-20(26-3)21(27-4)12-18(16)19(24)13-22(17,25)7-5-8-23;1-2-3/h12-13,16,18,20,25H,7,9-11,14-15H2,1-5H3;11-12,15,17,19,25H,6,8-10,13-14H2,1-4H3;1H3/t18-,20-,23-;17-,19-,22-;/m11./s1/i;23-1;. The third kappa shape index (κ3) is 12.5. The fourth-order valence-electron chi connectivity index (χ4n) is 9.36. The summed E-state index contributed by atoms with van der Waals surface area (Å²) >= 11 is 0. The Labute approximate surface area is 363 Å². The first-order chi connectivity index (χ1) is 28.9. The molecule has 6 atom stereocenters. The molecule has 0 saturated carbocycles. The summed E-state index contributed by atoms with van der Waals surface area (Å²) in [7, 11) is 2.95. The molecule has 0 unspecified atom stereocenters. The topological polar surface area (TPSA) is 151 Å². The summed E-state index contributed by atoms with van der Waals surface area (Å²) in [5.41, 5.74) is 2.30. The summed E-state index contributed by atoms with van der Waals surface area (Å²) in [6, 6.07) is 9.90. The number of piperidine rings is 2. The molecular weight excluding hydrogens is 801 g/mol. The van der Waals surface area contributed by atoms with Gasteiger partial charge in [-0.15, -0.1) is 0 Å². The van der Waals surface area contributed by atoms with Gasteiger partial charge in [0.1, 0.15) is 24.5 Å². The molecule has 2 fully saturated rings. The second-order valence-corrected chi connectivity index (χ2v) is 18.8. The van der Waals surface area contributed by atoms with Crippen molar-refractivity contribution in [3.05, 3.63) is 46.5 Å². The van der Waals surface area contributed by atoms with Crippen LogP contribution in [-0.2, 0) is 27.1 Å².